The van der Waals surface area contributed by atoms with Gasteiger partial charge in [-0.1, -0.05) is 188 Å². The van der Waals surface area contributed by atoms with E-state index in [-0.39, 0.29) is 0 Å². The van der Waals surface area contributed by atoms with Crippen molar-refractivity contribution in [2.75, 3.05) is 4.90 Å². The van der Waals surface area contributed by atoms with E-state index in [4.69, 9.17) is 0 Å². The summed E-state index contributed by atoms with van der Waals surface area (Å²) in [4.78, 5) is 2.37. The molecule has 3 heterocycles. The Morgan fingerprint density at radius 2 is 0.594 bits per heavy atom. The van der Waals surface area contributed by atoms with Gasteiger partial charge < -0.3 is 13.9 Å². The fourth-order valence-electron chi connectivity index (χ4n) is 11.0. The minimum Gasteiger partial charge on any atom is -0.311 e. The number of aromatic nitrogens is 2. The van der Waals surface area contributed by atoms with Gasteiger partial charge >= 0.3 is 0 Å². The summed E-state index contributed by atoms with van der Waals surface area (Å²) in [7, 11) is 0. The third-order valence-electron chi connectivity index (χ3n) is 14.3. The van der Waals surface area contributed by atoms with E-state index in [2.05, 4.69) is 275 Å². The van der Waals surface area contributed by atoms with Gasteiger partial charge in [0.25, 0.3) is 0 Å². The van der Waals surface area contributed by atoms with Crippen LogP contribution in [-0.2, 0) is 0 Å². The van der Waals surface area contributed by atoms with Crippen molar-refractivity contribution in [3.8, 4) is 50.2 Å². The molecule has 3 aromatic heterocycles. The summed E-state index contributed by atoms with van der Waals surface area (Å²) in [5.74, 6) is 0. The number of hydrogen-bond acceptors (Lipinski definition) is 1. The Hall–Kier alpha value is -9.18. The van der Waals surface area contributed by atoms with Gasteiger partial charge in [0.2, 0.25) is 0 Å². The van der Waals surface area contributed by atoms with E-state index in [9.17, 15) is 0 Å². The molecule has 0 atom stereocenters. The number of benzene rings is 11. The average Bonchev–Trinajstić information content (AvgIpc) is 4.07. The zero-order chi connectivity index (χ0) is 45.4. The van der Waals surface area contributed by atoms with Crippen molar-refractivity contribution in [1.82, 2.24) is 8.97 Å². The van der Waals surface area contributed by atoms with Crippen molar-refractivity contribution < 1.29 is 0 Å². The molecule has 3 heteroatoms. The van der Waals surface area contributed by atoms with Gasteiger partial charge in [-0.3, -0.25) is 0 Å². The van der Waals surface area contributed by atoms with Gasteiger partial charge in [-0.2, -0.15) is 0 Å². The van der Waals surface area contributed by atoms with Crippen LogP contribution in [0, 0.1) is 0 Å². The highest BCUT2D eigenvalue weighted by atomic mass is 15.1. The van der Waals surface area contributed by atoms with Gasteiger partial charge in [-0.25, -0.2) is 0 Å². The lowest BCUT2D eigenvalue weighted by Gasteiger charge is -2.26. The molecule has 11 aromatic carbocycles. The van der Waals surface area contributed by atoms with Gasteiger partial charge in [0, 0.05) is 55.1 Å². The molecule has 322 valence electrons. The molecule has 0 fully saturated rings. The van der Waals surface area contributed by atoms with Crippen LogP contribution in [0.3, 0.4) is 0 Å². The van der Waals surface area contributed by atoms with Crippen LogP contribution < -0.4 is 4.90 Å². The van der Waals surface area contributed by atoms with E-state index < -0.39 is 0 Å². The second-order valence-electron chi connectivity index (χ2n) is 18.1. The molecule has 0 aliphatic heterocycles. The maximum atomic E-state index is 2.46. The molecule has 0 bridgehead atoms. The Morgan fingerprint density at radius 1 is 0.232 bits per heavy atom. The smallest absolute Gasteiger partial charge is 0.0620 e. The van der Waals surface area contributed by atoms with Gasteiger partial charge in [-0.05, 0) is 117 Å². The molecule has 0 N–H and O–H groups in total. The topological polar surface area (TPSA) is 12.6 Å². The first kappa shape index (κ1) is 39.0. The van der Waals surface area contributed by atoms with E-state index in [1.165, 1.54) is 104 Å². The first-order valence-corrected chi connectivity index (χ1v) is 23.7. The molecule has 0 amide bonds. The number of rotatable bonds is 8. The number of para-hydroxylation sites is 4. The minimum atomic E-state index is 1.09. The molecule has 14 aromatic rings. The second kappa shape index (κ2) is 15.7. The van der Waals surface area contributed by atoms with E-state index in [1.54, 1.807) is 0 Å². The summed E-state index contributed by atoms with van der Waals surface area (Å²) in [5.41, 5.74) is 20.1. The third kappa shape index (κ3) is 6.36. The minimum absolute atomic E-state index is 1.09. The molecule has 3 nitrogen and oxygen atoms in total. The van der Waals surface area contributed by atoms with Crippen molar-refractivity contribution in [3.63, 3.8) is 0 Å². The quantitative estimate of drug-likeness (QED) is 0.148. The first-order valence-electron chi connectivity index (χ1n) is 23.7. The van der Waals surface area contributed by atoms with E-state index >= 15 is 0 Å². The van der Waals surface area contributed by atoms with Crippen molar-refractivity contribution in [1.29, 1.82) is 0 Å². The number of hydrogen-bond donors (Lipinski definition) is 0. The van der Waals surface area contributed by atoms with Gasteiger partial charge in [-0.15, -0.1) is 0 Å². The van der Waals surface area contributed by atoms with Gasteiger partial charge in [0.1, 0.15) is 0 Å². The molecule has 0 radical (unpaired) electrons. The fraction of sp³-hybridized carbons (Fsp3) is 0. The maximum absolute atomic E-state index is 2.46. The monoisotopic (exact) mass is 877 g/mol. The highest BCUT2D eigenvalue weighted by Crippen LogP contribution is 2.42. The molecule has 0 aliphatic carbocycles. The summed E-state index contributed by atoms with van der Waals surface area (Å²) < 4.78 is 4.85. The third-order valence-corrected chi connectivity index (χ3v) is 14.3. The van der Waals surface area contributed by atoms with Crippen LogP contribution in [0.2, 0.25) is 0 Å². The normalized spacial score (nSPS) is 11.8. The highest BCUT2D eigenvalue weighted by molar-refractivity contribution is 6.23. The highest BCUT2D eigenvalue weighted by Gasteiger charge is 2.19. The van der Waals surface area contributed by atoms with Crippen molar-refractivity contribution in [2.45, 2.75) is 0 Å². The van der Waals surface area contributed by atoms with Crippen LogP contribution in [0.4, 0.5) is 17.1 Å². The number of anilines is 3. The molecule has 0 spiro atoms. The summed E-state index contributed by atoms with van der Waals surface area (Å²) >= 11 is 0. The molecule has 0 saturated heterocycles. The lowest BCUT2D eigenvalue weighted by atomic mass is 9.99. The predicted octanol–water partition coefficient (Wildman–Crippen LogP) is 18.1. The molecule has 0 saturated carbocycles. The molecular weight excluding hydrogens is 835 g/mol. The zero-order valence-corrected chi connectivity index (χ0v) is 37.7. The van der Waals surface area contributed by atoms with Crippen molar-refractivity contribution >= 4 is 77.0 Å². The Kier molecular flexibility index (Phi) is 8.90. The largest absolute Gasteiger partial charge is 0.311 e. The van der Waals surface area contributed by atoms with Crippen LogP contribution in [0.1, 0.15) is 0 Å². The van der Waals surface area contributed by atoms with Crippen LogP contribution in [0.25, 0.3) is 110 Å². The summed E-state index contributed by atoms with van der Waals surface area (Å²) in [6, 6.07) is 95.3. The van der Waals surface area contributed by atoms with Crippen LogP contribution in [0.15, 0.2) is 261 Å². The van der Waals surface area contributed by atoms with Crippen LogP contribution in [0.5, 0.6) is 0 Å². The predicted molar refractivity (Wildman–Crippen MR) is 292 cm³/mol. The van der Waals surface area contributed by atoms with E-state index in [1.807, 2.05) is 0 Å². The SMILES string of the molecule is c1ccc(-c2ccc(-c3ccc(N(c4ccc(-c5ccc6c7ccccc7n(-c7ccccc7)c6c5)cc4)c4ccc(-c5ccc6c7cccc8c9ccccc9n(c6c5)c87)cc4)cc3)cc2)cc1. The number of nitrogens with zero attached hydrogens (tertiary/aromatic N) is 3. The fourth-order valence-corrected chi connectivity index (χ4v) is 11.0. The van der Waals surface area contributed by atoms with Crippen LogP contribution >= 0.6 is 0 Å². The van der Waals surface area contributed by atoms with Crippen molar-refractivity contribution in [2.24, 2.45) is 0 Å². The van der Waals surface area contributed by atoms with E-state index in [0.717, 1.165) is 22.7 Å². The molecule has 0 unspecified atom stereocenters. The Balaban J connectivity index is 0.844. The Labute approximate surface area is 400 Å². The van der Waals surface area contributed by atoms with Gasteiger partial charge in [0.05, 0.1) is 27.6 Å². The summed E-state index contributed by atoms with van der Waals surface area (Å²) in [6.07, 6.45) is 0. The van der Waals surface area contributed by atoms with Gasteiger partial charge in [0.15, 0.2) is 0 Å². The zero-order valence-electron chi connectivity index (χ0n) is 37.7. The average molecular weight is 878 g/mol. The Bertz CT molecular complexity index is 4180. The summed E-state index contributed by atoms with van der Waals surface area (Å²) in [5, 5.41) is 7.69. The number of fused-ring (bicyclic) bond motifs is 9. The lowest BCUT2D eigenvalue weighted by molar-refractivity contribution is 1.18. The molecule has 69 heavy (non-hydrogen) atoms. The summed E-state index contributed by atoms with van der Waals surface area (Å²) in [6.45, 7) is 0. The second-order valence-corrected chi connectivity index (χ2v) is 18.1. The van der Waals surface area contributed by atoms with Crippen LogP contribution in [-0.4, -0.2) is 8.97 Å². The Morgan fingerprint density at radius 3 is 1.14 bits per heavy atom. The molecular formula is C66H43N3. The maximum Gasteiger partial charge on any atom is 0.0620 e. The van der Waals surface area contributed by atoms with Crippen molar-refractivity contribution in [3.05, 3.63) is 261 Å². The molecule has 14 rings (SSSR count). The standard InChI is InChI=1S/C66H43N3/c1-3-12-44(13-4-1)45-22-24-46(25-23-45)47-26-34-53(35-27-47)67(54-36-28-48(29-37-54)50-32-40-58-56-16-7-9-20-62(56)68(64(58)42-50)52-14-5-2-6-15-52)55-38-30-49(31-39-55)51-33-41-59-61-19-11-18-60-57-17-8-10-21-63(57)69(66(60)61)65(59)43-51/h1-43H. The molecule has 0 aliphatic rings. The lowest BCUT2D eigenvalue weighted by Crippen LogP contribution is -2.09. The van der Waals surface area contributed by atoms with E-state index in [0.29, 0.717) is 0 Å². The first-order chi connectivity index (χ1) is 34.2.